The van der Waals surface area contributed by atoms with Crippen molar-refractivity contribution in [3.8, 4) is 0 Å². The summed E-state index contributed by atoms with van der Waals surface area (Å²) in [5.41, 5.74) is 0. The van der Waals surface area contributed by atoms with Gasteiger partial charge in [-0.2, -0.15) is 0 Å². The van der Waals surface area contributed by atoms with E-state index < -0.39 is 5.92 Å². The minimum atomic E-state index is -2.32. The summed E-state index contributed by atoms with van der Waals surface area (Å²) in [5.74, 6) is -2.19. The maximum Gasteiger partial charge on any atom is 0.251 e. The van der Waals surface area contributed by atoms with Crippen molar-refractivity contribution in [1.29, 1.82) is 0 Å². The van der Waals surface area contributed by atoms with Crippen LogP contribution in [0, 0.1) is 11.8 Å². The normalized spacial score (nSPS) is 37.1. The van der Waals surface area contributed by atoms with E-state index >= 15 is 0 Å². The van der Waals surface area contributed by atoms with Gasteiger partial charge in [0.1, 0.15) is 0 Å². The topological polar surface area (TPSA) is 0 Å². The number of rotatable bonds is 1. The highest BCUT2D eigenvalue weighted by Gasteiger charge is 2.48. The molecule has 0 nitrogen and oxygen atoms in total. The Balaban J connectivity index is 2.02. The molecule has 0 radical (unpaired) electrons. The molecule has 1 unspecified atom stereocenters. The maximum atomic E-state index is 13.2. The predicted molar refractivity (Wildman–Crippen MR) is 39.6 cm³/mol. The summed E-state index contributed by atoms with van der Waals surface area (Å²) < 4.78 is 26.3. The zero-order chi connectivity index (χ0) is 7.90. The highest BCUT2D eigenvalue weighted by Crippen LogP contribution is 2.50. The van der Waals surface area contributed by atoms with E-state index in [4.69, 9.17) is 0 Å². The molecule has 0 aromatic rings. The monoisotopic (exact) mass is 160 g/mol. The molecule has 0 aromatic heterocycles. The largest absolute Gasteiger partial charge is 0.251 e. The Hall–Kier alpha value is -0.140. The summed E-state index contributed by atoms with van der Waals surface area (Å²) in [4.78, 5) is 0. The lowest BCUT2D eigenvalue weighted by atomic mass is 9.82. The fraction of sp³-hybridized carbons (Fsp3) is 1.00. The molecule has 2 aliphatic rings. The second-order valence-corrected chi connectivity index (χ2v) is 3.95. The van der Waals surface area contributed by atoms with Crippen LogP contribution in [0.3, 0.4) is 0 Å². The molecular weight excluding hydrogens is 146 g/mol. The van der Waals surface area contributed by atoms with Crippen LogP contribution in [0.1, 0.15) is 38.5 Å². The molecule has 0 spiro atoms. The molecule has 1 atom stereocenters. The van der Waals surface area contributed by atoms with Crippen LogP contribution in [-0.2, 0) is 0 Å². The van der Waals surface area contributed by atoms with Gasteiger partial charge in [-0.3, -0.25) is 0 Å². The van der Waals surface area contributed by atoms with Crippen LogP contribution in [0.5, 0.6) is 0 Å². The van der Waals surface area contributed by atoms with Gasteiger partial charge in [0.15, 0.2) is 0 Å². The van der Waals surface area contributed by atoms with E-state index in [0.717, 1.165) is 32.1 Å². The summed E-state index contributed by atoms with van der Waals surface area (Å²) >= 11 is 0. The molecule has 0 N–H and O–H groups in total. The Kier molecular flexibility index (Phi) is 1.66. The molecular formula is C9H14F2. The van der Waals surface area contributed by atoms with Crippen molar-refractivity contribution >= 4 is 0 Å². The minimum Gasteiger partial charge on any atom is -0.207 e. The first-order valence-corrected chi connectivity index (χ1v) is 4.58. The van der Waals surface area contributed by atoms with E-state index in [1.807, 2.05) is 0 Å². The first-order chi connectivity index (χ1) is 5.20. The Labute approximate surface area is 66.0 Å². The van der Waals surface area contributed by atoms with E-state index in [-0.39, 0.29) is 12.3 Å². The summed E-state index contributed by atoms with van der Waals surface area (Å²) in [6.07, 6.45) is 4.79. The minimum absolute atomic E-state index is 0.147. The number of halogens is 2. The van der Waals surface area contributed by atoms with E-state index in [0.29, 0.717) is 5.92 Å². The Morgan fingerprint density at radius 2 is 1.73 bits per heavy atom. The van der Waals surface area contributed by atoms with Crippen LogP contribution in [0.4, 0.5) is 8.78 Å². The zero-order valence-electron chi connectivity index (χ0n) is 6.65. The van der Waals surface area contributed by atoms with E-state index in [1.165, 1.54) is 0 Å². The second kappa shape index (κ2) is 2.43. The van der Waals surface area contributed by atoms with Gasteiger partial charge in [-0.1, -0.05) is 6.42 Å². The first kappa shape index (κ1) is 7.51. The van der Waals surface area contributed by atoms with Gasteiger partial charge in [0, 0.05) is 12.3 Å². The Bertz CT molecular complexity index is 150. The molecule has 2 rings (SSSR count). The van der Waals surface area contributed by atoms with Crippen LogP contribution in [0.15, 0.2) is 0 Å². The van der Waals surface area contributed by atoms with Crippen molar-refractivity contribution in [1.82, 2.24) is 0 Å². The molecule has 2 aliphatic carbocycles. The van der Waals surface area contributed by atoms with Crippen LogP contribution in [0.25, 0.3) is 0 Å². The highest BCUT2D eigenvalue weighted by molar-refractivity contribution is 4.92. The van der Waals surface area contributed by atoms with Crippen LogP contribution >= 0.6 is 0 Å². The summed E-state index contributed by atoms with van der Waals surface area (Å²) in [5, 5.41) is 0. The van der Waals surface area contributed by atoms with Crippen molar-refractivity contribution < 1.29 is 8.78 Å². The highest BCUT2D eigenvalue weighted by atomic mass is 19.3. The van der Waals surface area contributed by atoms with Gasteiger partial charge < -0.3 is 0 Å². The fourth-order valence-corrected chi connectivity index (χ4v) is 2.20. The Morgan fingerprint density at radius 1 is 1.00 bits per heavy atom. The summed E-state index contributed by atoms with van der Waals surface area (Å²) in [6, 6.07) is 0. The molecule has 0 saturated heterocycles. The summed E-state index contributed by atoms with van der Waals surface area (Å²) in [7, 11) is 0. The molecule has 64 valence electrons. The standard InChI is InChI=1S/C9H14F2/c10-9(11)6-2-1-3-8(9)7-4-5-7/h7-8H,1-6H2. The molecule has 0 bridgehead atoms. The first-order valence-electron chi connectivity index (χ1n) is 4.58. The second-order valence-electron chi connectivity index (χ2n) is 3.95. The molecule has 2 heteroatoms. The third kappa shape index (κ3) is 1.40. The third-order valence-corrected chi connectivity index (χ3v) is 3.01. The lowest BCUT2D eigenvalue weighted by molar-refractivity contribution is -0.0934. The van der Waals surface area contributed by atoms with E-state index in [9.17, 15) is 8.78 Å². The van der Waals surface area contributed by atoms with Crippen molar-refractivity contribution in [2.45, 2.75) is 44.4 Å². The van der Waals surface area contributed by atoms with Crippen LogP contribution < -0.4 is 0 Å². The smallest absolute Gasteiger partial charge is 0.207 e. The van der Waals surface area contributed by atoms with Crippen LogP contribution in [-0.4, -0.2) is 5.92 Å². The van der Waals surface area contributed by atoms with Gasteiger partial charge >= 0.3 is 0 Å². The molecule has 0 amide bonds. The van der Waals surface area contributed by atoms with Crippen molar-refractivity contribution in [2.75, 3.05) is 0 Å². The molecule has 0 aromatic carbocycles. The van der Waals surface area contributed by atoms with Gasteiger partial charge in [0.25, 0.3) is 5.92 Å². The fourth-order valence-electron chi connectivity index (χ4n) is 2.20. The SMILES string of the molecule is FC1(F)CCCCC1C1CC1. The van der Waals surface area contributed by atoms with Crippen molar-refractivity contribution in [3.63, 3.8) is 0 Å². The summed E-state index contributed by atoms with van der Waals surface area (Å²) in [6.45, 7) is 0. The van der Waals surface area contributed by atoms with Gasteiger partial charge in [0.05, 0.1) is 0 Å². The number of hydrogen-bond acceptors (Lipinski definition) is 0. The lowest BCUT2D eigenvalue weighted by Gasteiger charge is -2.31. The number of alkyl halides is 2. The molecule has 0 aliphatic heterocycles. The molecule has 0 heterocycles. The van der Waals surface area contributed by atoms with Gasteiger partial charge in [-0.25, -0.2) is 8.78 Å². The molecule has 2 saturated carbocycles. The van der Waals surface area contributed by atoms with E-state index in [2.05, 4.69) is 0 Å². The molecule has 2 fully saturated rings. The van der Waals surface area contributed by atoms with Gasteiger partial charge in [-0.05, 0) is 31.6 Å². The quantitative estimate of drug-likeness (QED) is 0.552. The van der Waals surface area contributed by atoms with Gasteiger partial charge in [-0.15, -0.1) is 0 Å². The van der Waals surface area contributed by atoms with E-state index in [1.54, 1.807) is 0 Å². The lowest BCUT2D eigenvalue weighted by Crippen LogP contribution is -2.32. The van der Waals surface area contributed by atoms with Gasteiger partial charge in [0.2, 0.25) is 0 Å². The average molecular weight is 160 g/mol. The van der Waals surface area contributed by atoms with Crippen molar-refractivity contribution in [3.05, 3.63) is 0 Å². The molecule has 11 heavy (non-hydrogen) atoms. The number of hydrogen-bond donors (Lipinski definition) is 0. The Morgan fingerprint density at radius 3 is 2.27 bits per heavy atom. The average Bonchev–Trinajstić information content (AvgIpc) is 2.69. The third-order valence-electron chi connectivity index (χ3n) is 3.01. The van der Waals surface area contributed by atoms with Crippen LogP contribution in [0.2, 0.25) is 0 Å². The predicted octanol–water partition coefficient (Wildman–Crippen LogP) is 3.22. The maximum absolute atomic E-state index is 13.2. The van der Waals surface area contributed by atoms with Crippen molar-refractivity contribution in [2.24, 2.45) is 11.8 Å². The zero-order valence-corrected chi connectivity index (χ0v) is 6.65.